The van der Waals surface area contributed by atoms with Crippen molar-refractivity contribution in [2.75, 3.05) is 10.2 Å². The van der Waals surface area contributed by atoms with Gasteiger partial charge in [0.05, 0.1) is 5.69 Å². The molecule has 0 aromatic heterocycles. The number of thioether (sulfide) groups is 1. The fraction of sp³-hybridized carbons (Fsp3) is 0.167. The molecule has 0 spiro atoms. The van der Waals surface area contributed by atoms with E-state index < -0.39 is 5.25 Å². The number of carbonyl (C=O) groups is 3. The highest BCUT2D eigenvalue weighted by Crippen LogP contribution is 2.33. The largest absolute Gasteiger partial charge is 0.326 e. The normalized spacial score (nSPS) is 17.2. The zero-order valence-electron chi connectivity index (χ0n) is 13.1. The minimum atomic E-state index is -0.693. The molecule has 3 rings (SSSR count). The van der Waals surface area contributed by atoms with Crippen LogP contribution in [0.2, 0.25) is 0 Å². The van der Waals surface area contributed by atoms with E-state index in [0.29, 0.717) is 11.4 Å². The van der Waals surface area contributed by atoms with Crippen LogP contribution in [0.5, 0.6) is 0 Å². The quantitative estimate of drug-likeness (QED) is 0.923. The zero-order chi connectivity index (χ0) is 17.1. The van der Waals surface area contributed by atoms with Gasteiger partial charge in [-0.3, -0.25) is 14.4 Å². The van der Waals surface area contributed by atoms with Gasteiger partial charge in [-0.2, -0.15) is 0 Å². The fourth-order valence-electron chi connectivity index (χ4n) is 2.48. The van der Waals surface area contributed by atoms with Crippen molar-refractivity contribution in [2.45, 2.75) is 18.6 Å². The lowest BCUT2D eigenvalue weighted by atomic mass is 10.2. The van der Waals surface area contributed by atoms with Gasteiger partial charge in [0, 0.05) is 12.1 Å². The van der Waals surface area contributed by atoms with E-state index in [1.54, 1.807) is 30.3 Å². The Hall–Kier alpha value is -2.60. The summed E-state index contributed by atoms with van der Waals surface area (Å²) in [7, 11) is 0. The molecular weight excluding hydrogens is 324 g/mol. The molecule has 1 aliphatic rings. The minimum absolute atomic E-state index is 0.0348. The molecule has 1 N–H and O–H groups in total. The molecule has 0 bridgehead atoms. The van der Waals surface area contributed by atoms with Crippen molar-refractivity contribution < 1.29 is 14.4 Å². The molecule has 0 aliphatic carbocycles. The molecule has 24 heavy (non-hydrogen) atoms. The highest BCUT2D eigenvalue weighted by molar-refractivity contribution is 8.15. The van der Waals surface area contributed by atoms with Crippen molar-refractivity contribution in [1.29, 1.82) is 0 Å². The number of carbonyl (C=O) groups excluding carboxylic acids is 3. The summed E-state index contributed by atoms with van der Waals surface area (Å²) in [6, 6.07) is 16.2. The molecule has 5 nitrogen and oxygen atoms in total. The van der Waals surface area contributed by atoms with E-state index in [0.717, 1.165) is 22.2 Å². The van der Waals surface area contributed by atoms with Gasteiger partial charge in [-0.25, -0.2) is 4.90 Å². The number of aryl methyl sites for hydroxylation is 1. The Morgan fingerprint density at radius 2 is 1.75 bits per heavy atom. The number of para-hydroxylation sites is 2. The number of imide groups is 1. The maximum Gasteiger partial charge on any atom is 0.293 e. The predicted molar refractivity (Wildman–Crippen MR) is 95.1 cm³/mol. The standard InChI is InChI=1S/C18H16N2O3S/c1-12-7-5-6-10-14(12)19-16(21)11-15-17(22)20(18(23)24-15)13-8-3-2-4-9-13/h2-10,15H,11H2,1H3,(H,19,21)/t15-/m1/s1. The summed E-state index contributed by atoms with van der Waals surface area (Å²) in [6.07, 6.45) is -0.0348. The van der Waals surface area contributed by atoms with Crippen LogP contribution in [0.15, 0.2) is 54.6 Å². The fourth-order valence-corrected chi connectivity index (χ4v) is 3.47. The Labute approximate surface area is 144 Å². The molecule has 6 heteroatoms. The van der Waals surface area contributed by atoms with Crippen LogP contribution in [0, 0.1) is 6.92 Å². The van der Waals surface area contributed by atoms with E-state index in [2.05, 4.69) is 5.32 Å². The molecule has 0 radical (unpaired) electrons. The first-order valence-corrected chi connectivity index (χ1v) is 8.39. The molecule has 3 amide bonds. The number of benzene rings is 2. The van der Waals surface area contributed by atoms with Crippen molar-refractivity contribution >= 4 is 40.2 Å². The van der Waals surface area contributed by atoms with Gasteiger partial charge in [0.15, 0.2) is 0 Å². The van der Waals surface area contributed by atoms with Crippen LogP contribution in [-0.2, 0) is 9.59 Å². The van der Waals surface area contributed by atoms with E-state index in [1.165, 1.54) is 0 Å². The Balaban J connectivity index is 1.68. The van der Waals surface area contributed by atoms with E-state index in [1.807, 2.05) is 31.2 Å². The van der Waals surface area contributed by atoms with Crippen molar-refractivity contribution in [3.05, 3.63) is 60.2 Å². The van der Waals surface area contributed by atoms with Crippen LogP contribution < -0.4 is 10.2 Å². The summed E-state index contributed by atoms with van der Waals surface area (Å²) < 4.78 is 0. The maximum absolute atomic E-state index is 12.5. The van der Waals surface area contributed by atoms with Gasteiger partial charge in [0.25, 0.3) is 5.24 Å². The van der Waals surface area contributed by atoms with E-state index in [9.17, 15) is 14.4 Å². The number of nitrogens with zero attached hydrogens (tertiary/aromatic N) is 1. The van der Waals surface area contributed by atoms with Gasteiger partial charge in [-0.1, -0.05) is 36.4 Å². The van der Waals surface area contributed by atoms with Crippen LogP contribution in [0.3, 0.4) is 0 Å². The summed E-state index contributed by atoms with van der Waals surface area (Å²) in [5, 5.41) is 1.75. The van der Waals surface area contributed by atoms with Crippen LogP contribution in [-0.4, -0.2) is 22.3 Å². The van der Waals surface area contributed by atoms with Crippen molar-refractivity contribution in [3.8, 4) is 0 Å². The first-order valence-electron chi connectivity index (χ1n) is 7.51. The lowest BCUT2D eigenvalue weighted by molar-refractivity contribution is -0.121. The Morgan fingerprint density at radius 3 is 2.46 bits per heavy atom. The van der Waals surface area contributed by atoms with E-state index in [4.69, 9.17) is 0 Å². The number of hydrogen-bond donors (Lipinski definition) is 1. The summed E-state index contributed by atoms with van der Waals surface area (Å²) in [5.41, 5.74) is 2.18. The number of nitrogens with one attached hydrogen (secondary N) is 1. The Bertz CT molecular complexity index is 792. The second-order valence-corrected chi connectivity index (χ2v) is 6.60. The molecular formula is C18H16N2O3S. The summed E-state index contributed by atoms with van der Waals surface area (Å²) in [6.45, 7) is 1.89. The first kappa shape index (κ1) is 16.3. The molecule has 0 saturated carbocycles. The number of anilines is 2. The SMILES string of the molecule is Cc1ccccc1NC(=O)C[C@H]1SC(=O)N(c2ccccc2)C1=O. The monoisotopic (exact) mass is 340 g/mol. The summed E-state index contributed by atoms with van der Waals surface area (Å²) in [4.78, 5) is 37.9. The van der Waals surface area contributed by atoms with Crippen LogP contribution >= 0.6 is 11.8 Å². The predicted octanol–water partition coefficient (Wildman–Crippen LogP) is 3.59. The molecule has 0 unspecified atom stereocenters. The summed E-state index contributed by atoms with van der Waals surface area (Å²) >= 11 is 0.896. The number of amides is 3. The molecule has 122 valence electrons. The molecule has 1 heterocycles. The highest BCUT2D eigenvalue weighted by Gasteiger charge is 2.41. The molecule has 1 aliphatic heterocycles. The number of hydrogen-bond acceptors (Lipinski definition) is 4. The second kappa shape index (κ2) is 6.88. The minimum Gasteiger partial charge on any atom is -0.326 e. The van der Waals surface area contributed by atoms with Gasteiger partial charge < -0.3 is 5.32 Å². The third-order valence-corrected chi connectivity index (χ3v) is 4.76. The molecule has 2 aromatic carbocycles. The third kappa shape index (κ3) is 3.33. The van der Waals surface area contributed by atoms with Gasteiger partial charge in [0.1, 0.15) is 5.25 Å². The number of rotatable bonds is 4. The van der Waals surface area contributed by atoms with Crippen LogP contribution in [0.1, 0.15) is 12.0 Å². The average Bonchev–Trinajstić information content (AvgIpc) is 2.84. The van der Waals surface area contributed by atoms with Crippen molar-refractivity contribution in [3.63, 3.8) is 0 Å². The van der Waals surface area contributed by atoms with Gasteiger partial charge >= 0.3 is 0 Å². The van der Waals surface area contributed by atoms with E-state index in [-0.39, 0.29) is 23.5 Å². The maximum atomic E-state index is 12.5. The molecule has 2 aromatic rings. The molecule has 1 fully saturated rings. The Kier molecular flexibility index (Phi) is 4.66. The van der Waals surface area contributed by atoms with Crippen molar-refractivity contribution in [2.24, 2.45) is 0 Å². The molecule has 1 saturated heterocycles. The lowest BCUT2D eigenvalue weighted by Crippen LogP contribution is -2.32. The molecule has 1 atom stereocenters. The van der Waals surface area contributed by atoms with E-state index >= 15 is 0 Å². The smallest absolute Gasteiger partial charge is 0.293 e. The van der Waals surface area contributed by atoms with Crippen molar-refractivity contribution in [1.82, 2.24) is 0 Å². The van der Waals surface area contributed by atoms with Crippen LogP contribution in [0.4, 0.5) is 16.2 Å². The topological polar surface area (TPSA) is 66.5 Å². The Morgan fingerprint density at radius 1 is 1.08 bits per heavy atom. The average molecular weight is 340 g/mol. The zero-order valence-corrected chi connectivity index (χ0v) is 13.9. The third-order valence-electron chi connectivity index (χ3n) is 3.73. The first-order chi connectivity index (χ1) is 11.6. The summed E-state index contributed by atoms with van der Waals surface area (Å²) in [5.74, 6) is -0.631. The van der Waals surface area contributed by atoms with Gasteiger partial charge in [-0.05, 0) is 42.4 Å². The highest BCUT2D eigenvalue weighted by atomic mass is 32.2. The van der Waals surface area contributed by atoms with Crippen LogP contribution in [0.25, 0.3) is 0 Å². The second-order valence-electron chi connectivity index (χ2n) is 5.45. The lowest BCUT2D eigenvalue weighted by Gasteiger charge is -2.13. The van der Waals surface area contributed by atoms with Gasteiger partial charge in [-0.15, -0.1) is 0 Å². The van der Waals surface area contributed by atoms with Gasteiger partial charge in [0.2, 0.25) is 11.8 Å².